The number of carbonyl (C=O) groups excluding carboxylic acids is 1. The van der Waals surface area contributed by atoms with E-state index in [1.165, 1.54) is 47.3 Å². The maximum absolute atomic E-state index is 13.0. The summed E-state index contributed by atoms with van der Waals surface area (Å²) in [6.07, 6.45) is 6.79. The number of nitrogens with one attached hydrogen (secondary N) is 2. The molecule has 1 amide bonds. The zero-order valence-electron chi connectivity index (χ0n) is 15.5. The molecule has 1 unspecified atom stereocenters. The summed E-state index contributed by atoms with van der Waals surface area (Å²) in [5.74, 6) is 0.320. The van der Waals surface area contributed by atoms with Crippen LogP contribution in [0.15, 0.2) is 35.7 Å². The first-order chi connectivity index (χ1) is 12.7. The van der Waals surface area contributed by atoms with Gasteiger partial charge in [-0.3, -0.25) is 4.79 Å². The molecule has 3 atom stereocenters. The highest BCUT2D eigenvalue weighted by Gasteiger charge is 2.28. The molecule has 0 bridgehead atoms. The second-order valence-electron chi connectivity index (χ2n) is 7.77. The molecule has 0 spiro atoms. The lowest BCUT2D eigenvalue weighted by Gasteiger charge is -2.29. The number of rotatable bonds is 4. The number of fused-ring (bicyclic) bond motifs is 1. The minimum Gasteiger partial charge on any atom is -0.344 e. The molecular formula is C22H28N2OS. The molecule has 26 heavy (non-hydrogen) atoms. The zero-order valence-corrected chi connectivity index (χ0v) is 16.3. The van der Waals surface area contributed by atoms with Crippen molar-refractivity contribution in [3.05, 3.63) is 57.3 Å². The van der Waals surface area contributed by atoms with Gasteiger partial charge in [0.15, 0.2) is 0 Å². The van der Waals surface area contributed by atoms with Crippen molar-refractivity contribution in [1.29, 1.82) is 0 Å². The highest BCUT2D eigenvalue weighted by atomic mass is 32.1. The van der Waals surface area contributed by atoms with Gasteiger partial charge >= 0.3 is 0 Å². The fraction of sp³-hybridized carbons (Fsp3) is 0.500. The molecule has 1 aliphatic carbocycles. The Morgan fingerprint density at radius 2 is 2.08 bits per heavy atom. The van der Waals surface area contributed by atoms with E-state index in [1.54, 1.807) is 11.3 Å². The summed E-state index contributed by atoms with van der Waals surface area (Å²) < 4.78 is 0. The second-order valence-corrected chi connectivity index (χ2v) is 8.75. The van der Waals surface area contributed by atoms with Crippen LogP contribution in [0.5, 0.6) is 0 Å². The number of hydrogen-bond acceptors (Lipinski definition) is 3. The summed E-state index contributed by atoms with van der Waals surface area (Å²) in [5, 5.41) is 8.91. The Morgan fingerprint density at radius 1 is 1.23 bits per heavy atom. The maximum atomic E-state index is 13.0. The predicted octanol–water partition coefficient (Wildman–Crippen LogP) is 4.22. The van der Waals surface area contributed by atoms with Crippen LogP contribution in [0.2, 0.25) is 0 Å². The van der Waals surface area contributed by atoms with Crippen LogP contribution < -0.4 is 10.6 Å². The van der Waals surface area contributed by atoms with E-state index in [4.69, 9.17) is 0 Å². The molecule has 0 saturated carbocycles. The van der Waals surface area contributed by atoms with Gasteiger partial charge in [-0.1, -0.05) is 24.3 Å². The fourth-order valence-corrected chi connectivity index (χ4v) is 5.14. The van der Waals surface area contributed by atoms with Crippen molar-refractivity contribution < 1.29 is 4.79 Å². The van der Waals surface area contributed by atoms with Gasteiger partial charge in [-0.25, -0.2) is 0 Å². The van der Waals surface area contributed by atoms with Gasteiger partial charge in [0.2, 0.25) is 5.91 Å². The maximum Gasteiger partial charge on any atom is 0.223 e. The number of benzene rings is 1. The summed E-state index contributed by atoms with van der Waals surface area (Å²) in [6.45, 7) is 3.10. The van der Waals surface area contributed by atoms with E-state index < -0.39 is 0 Å². The van der Waals surface area contributed by atoms with Crippen LogP contribution in [0.25, 0.3) is 0 Å². The topological polar surface area (TPSA) is 41.1 Å². The van der Waals surface area contributed by atoms with Crippen LogP contribution in [0.1, 0.15) is 60.2 Å². The Labute approximate surface area is 160 Å². The van der Waals surface area contributed by atoms with Crippen LogP contribution in [-0.2, 0) is 17.6 Å². The average molecular weight is 369 g/mol. The van der Waals surface area contributed by atoms with Crippen molar-refractivity contribution in [3.8, 4) is 0 Å². The van der Waals surface area contributed by atoms with E-state index in [0.717, 1.165) is 19.4 Å². The minimum atomic E-state index is -0.0279. The van der Waals surface area contributed by atoms with Gasteiger partial charge < -0.3 is 10.6 Å². The molecule has 1 fully saturated rings. The van der Waals surface area contributed by atoms with Crippen molar-refractivity contribution in [3.63, 3.8) is 0 Å². The van der Waals surface area contributed by atoms with Gasteiger partial charge in [0.25, 0.3) is 0 Å². The molecule has 2 heterocycles. The SMILES string of the molecule is C[C@H]1C[C@@H](C(=O)NC(c2ccc3c(c2)CCCC3)c2cccs2)CCN1. The van der Waals surface area contributed by atoms with E-state index in [0.29, 0.717) is 6.04 Å². The standard InChI is InChI=1S/C22H28N2OS/c1-15-13-19(10-11-23-15)22(25)24-21(20-7-4-12-26-20)18-9-8-16-5-2-3-6-17(16)14-18/h4,7-9,12,14-15,19,21,23H,2-3,5-6,10-11,13H2,1H3,(H,24,25)/t15-,19-,21?/m0/s1. The Balaban J connectivity index is 1.58. The summed E-state index contributed by atoms with van der Waals surface area (Å²) in [7, 11) is 0. The van der Waals surface area contributed by atoms with E-state index >= 15 is 0 Å². The minimum absolute atomic E-state index is 0.0279. The monoisotopic (exact) mass is 368 g/mol. The molecule has 1 aromatic heterocycles. The quantitative estimate of drug-likeness (QED) is 0.848. The average Bonchev–Trinajstić information content (AvgIpc) is 3.20. The Kier molecular flexibility index (Phi) is 5.41. The molecule has 138 valence electrons. The number of aryl methyl sites for hydroxylation is 2. The van der Waals surface area contributed by atoms with Crippen LogP contribution in [0.4, 0.5) is 0 Å². The van der Waals surface area contributed by atoms with Gasteiger partial charge in [0.05, 0.1) is 6.04 Å². The number of thiophene rings is 1. The summed E-state index contributed by atoms with van der Waals surface area (Å²) in [4.78, 5) is 14.2. The number of hydrogen-bond donors (Lipinski definition) is 2. The van der Waals surface area contributed by atoms with Gasteiger partial charge in [-0.05, 0) is 80.1 Å². The Hall–Kier alpha value is -1.65. The molecule has 3 nitrogen and oxygen atoms in total. The second kappa shape index (κ2) is 7.93. The third-order valence-corrected chi connectivity index (χ3v) is 6.75. The number of piperidine rings is 1. The summed E-state index contributed by atoms with van der Waals surface area (Å²) in [6, 6.07) is 11.4. The summed E-state index contributed by atoms with van der Waals surface area (Å²) in [5.41, 5.74) is 4.19. The molecule has 1 aliphatic heterocycles. The van der Waals surface area contributed by atoms with Gasteiger partial charge in [0.1, 0.15) is 0 Å². The Morgan fingerprint density at radius 3 is 2.85 bits per heavy atom. The molecule has 4 heteroatoms. The van der Waals surface area contributed by atoms with Crippen molar-refractivity contribution in [1.82, 2.24) is 10.6 Å². The highest BCUT2D eigenvalue weighted by Crippen LogP contribution is 2.31. The van der Waals surface area contributed by atoms with Gasteiger partial charge in [-0.15, -0.1) is 11.3 Å². The third kappa shape index (κ3) is 3.86. The van der Waals surface area contributed by atoms with Crippen molar-refractivity contribution in [2.24, 2.45) is 5.92 Å². The van der Waals surface area contributed by atoms with E-state index in [9.17, 15) is 4.79 Å². The molecule has 1 saturated heterocycles. The van der Waals surface area contributed by atoms with E-state index in [-0.39, 0.29) is 17.9 Å². The van der Waals surface area contributed by atoms with Crippen LogP contribution >= 0.6 is 11.3 Å². The van der Waals surface area contributed by atoms with E-state index in [1.807, 2.05) is 0 Å². The lowest BCUT2D eigenvalue weighted by atomic mass is 9.88. The van der Waals surface area contributed by atoms with Gasteiger partial charge in [-0.2, -0.15) is 0 Å². The first-order valence-corrected chi connectivity index (χ1v) is 10.8. The van der Waals surface area contributed by atoms with Crippen LogP contribution in [-0.4, -0.2) is 18.5 Å². The fourth-order valence-electron chi connectivity index (χ4n) is 4.34. The van der Waals surface area contributed by atoms with Crippen molar-refractivity contribution in [2.75, 3.05) is 6.54 Å². The molecular weight excluding hydrogens is 340 g/mol. The zero-order chi connectivity index (χ0) is 17.9. The molecule has 4 rings (SSSR count). The number of carbonyl (C=O) groups is 1. The normalized spacial score (nSPS) is 23.9. The lowest BCUT2D eigenvalue weighted by molar-refractivity contribution is -0.126. The Bertz CT molecular complexity index is 756. The van der Waals surface area contributed by atoms with Crippen molar-refractivity contribution >= 4 is 17.2 Å². The van der Waals surface area contributed by atoms with Gasteiger partial charge in [0, 0.05) is 16.8 Å². The number of amides is 1. The largest absolute Gasteiger partial charge is 0.344 e. The third-order valence-electron chi connectivity index (χ3n) is 5.81. The molecule has 2 aliphatic rings. The molecule has 0 radical (unpaired) electrons. The smallest absolute Gasteiger partial charge is 0.223 e. The first-order valence-electron chi connectivity index (χ1n) is 9.89. The molecule has 2 aromatic rings. The van der Waals surface area contributed by atoms with Crippen LogP contribution in [0.3, 0.4) is 0 Å². The van der Waals surface area contributed by atoms with Crippen molar-refractivity contribution in [2.45, 2.75) is 57.5 Å². The predicted molar refractivity (Wildman–Crippen MR) is 108 cm³/mol. The highest BCUT2D eigenvalue weighted by molar-refractivity contribution is 7.10. The molecule has 2 N–H and O–H groups in total. The summed E-state index contributed by atoms with van der Waals surface area (Å²) >= 11 is 1.73. The van der Waals surface area contributed by atoms with E-state index in [2.05, 4.69) is 53.3 Å². The molecule has 1 aromatic carbocycles. The first kappa shape index (κ1) is 17.7. The lowest BCUT2D eigenvalue weighted by Crippen LogP contribution is -2.43. The van der Waals surface area contributed by atoms with Crippen LogP contribution in [0, 0.1) is 5.92 Å².